The molecule has 0 aromatic rings. The molecule has 0 amide bonds. The minimum Gasteiger partial charge on any atom is -0.0625 e. The zero-order valence-corrected chi connectivity index (χ0v) is 12.5. The van der Waals surface area contributed by atoms with Gasteiger partial charge in [-0.25, -0.2) is 0 Å². The molecule has 0 heteroatoms. The topological polar surface area (TPSA) is 0 Å². The second-order valence-corrected chi connectivity index (χ2v) is 7.81. The molecule has 0 aromatic carbocycles. The average Bonchev–Trinajstić information content (AvgIpc) is 2.82. The highest BCUT2D eigenvalue weighted by molar-refractivity contribution is 4.94. The highest BCUT2D eigenvalue weighted by Gasteiger charge is 2.44. The van der Waals surface area contributed by atoms with Gasteiger partial charge in [0.1, 0.15) is 0 Å². The van der Waals surface area contributed by atoms with E-state index >= 15 is 0 Å². The molecule has 3 saturated carbocycles. The lowest BCUT2D eigenvalue weighted by molar-refractivity contribution is 0.0777. The fourth-order valence-corrected chi connectivity index (χ4v) is 5.86. The van der Waals surface area contributed by atoms with Crippen LogP contribution in [0.1, 0.15) is 78.1 Å². The smallest absolute Gasteiger partial charge is 0.0352 e. The Kier molecular flexibility index (Phi) is 4.01. The molecule has 0 N–H and O–H groups in total. The first kappa shape index (κ1) is 13.0. The van der Waals surface area contributed by atoms with Crippen molar-refractivity contribution in [2.24, 2.45) is 35.5 Å². The molecule has 3 aliphatic rings. The zero-order chi connectivity index (χ0) is 12.5. The van der Waals surface area contributed by atoms with Crippen molar-refractivity contribution in [3.63, 3.8) is 0 Å². The Labute approximate surface area is 114 Å². The Balaban J connectivity index is 1.72. The maximum atomic E-state index is 2.48. The van der Waals surface area contributed by atoms with E-state index in [2.05, 4.69) is 13.8 Å². The molecule has 5 atom stereocenters. The summed E-state index contributed by atoms with van der Waals surface area (Å²) < 4.78 is 0. The number of hydrogen-bond donors (Lipinski definition) is 0. The fraction of sp³-hybridized carbons (Fsp3) is 1.00. The molecule has 5 unspecified atom stereocenters. The van der Waals surface area contributed by atoms with Crippen LogP contribution in [0, 0.1) is 35.5 Å². The lowest BCUT2D eigenvalue weighted by atomic mass is 9.63. The van der Waals surface area contributed by atoms with Gasteiger partial charge in [0.2, 0.25) is 0 Å². The molecule has 3 rings (SSSR count). The van der Waals surface area contributed by atoms with Crippen LogP contribution < -0.4 is 0 Å². The fourth-order valence-electron chi connectivity index (χ4n) is 5.86. The van der Waals surface area contributed by atoms with Crippen LogP contribution in [-0.4, -0.2) is 0 Å². The van der Waals surface area contributed by atoms with Crippen LogP contribution in [0.4, 0.5) is 0 Å². The molecule has 104 valence electrons. The van der Waals surface area contributed by atoms with Crippen LogP contribution in [0.25, 0.3) is 0 Å². The summed E-state index contributed by atoms with van der Waals surface area (Å²) in [6, 6.07) is 0. The normalized spacial score (nSPS) is 45.2. The first-order valence-electron chi connectivity index (χ1n) is 8.77. The summed E-state index contributed by atoms with van der Waals surface area (Å²) in [6.45, 7) is 4.96. The van der Waals surface area contributed by atoms with Crippen molar-refractivity contribution >= 4 is 0 Å². The van der Waals surface area contributed by atoms with Crippen LogP contribution in [-0.2, 0) is 0 Å². The Hall–Kier alpha value is 0. The monoisotopic (exact) mass is 248 g/mol. The van der Waals surface area contributed by atoms with E-state index in [1.807, 2.05) is 0 Å². The Bertz CT molecular complexity index is 267. The summed E-state index contributed by atoms with van der Waals surface area (Å²) in [5, 5.41) is 0. The predicted octanol–water partition coefficient (Wildman–Crippen LogP) is 5.67. The van der Waals surface area contributed by atoms with E-state index in [1.165, 1.54) is 32.1 Å². The number of rotatable bonds is 2. The first-order chi connectivity index (χ1) is 8.77. The van der Waals surface area contributed by atoms with Crippen LogP contribution in [0.5, 0.6) is 0 Å². The van der Waals surface area contributed by atoms with E-state index in [0.717, 1.165) is 35.5 Å². The summed E-state index contributed by atoms with van der Waals surface area (Å²) in [5.74, 6) is 6.50. The standard InChI is InChI=1S/C18H32/c1-13(2)15-8-5-6-10-17(15)18-12-11-14-7-3-4-9-16(14)18/h13-18H,3-12H2,1-2H3. The molecule has 3 fully saturated rings. The minimum absolute atomic E-state index is 0.929. The van der Waals surface area contributed by atoms with Crippen LogP contribution in [0.3, 0.4) is 0 Å². The molecule has 0 aromatic heterocycles. The van der Waals surface area contributed by atoms with Crippen molar-refractivity contribution in [2.45, 2.75) is 78.1 Å². The summed E-state index contributed by atoms with van der Waals surface area (Å²) >= 11 is 0. The minimum atomic E-state index is 0.929. The summed E-state index contributed by atoms with van der Waals surface area (Å²) in [4.78, 5) is 0. The lowest BCUT2D eigenvalue weighted by Gasteiger charge is -2.42. The molecule has 0 bridgehead atoms. The molecular weight excluding hydrogens is 216 g/mol. The molecule has 3 aliphatic carbocycles. The average molecular weight is 248 g/mol. The SMILES string of the molecule is CC(C)C1CCCCC1C1CCC2CCCCC21. The highest BCUT2D eigenvalue weighted by Crippen LogP contribution is 2.53. The highest BCUT2D eigenvalue weighted by atomic mass is 14.5. The van der Waals surface area contributed by atoms with Gasteiger partial charge in [-0.3, -0.25) is 0 Å². The van der Waals surface area contributed by atoms with Crippen molar-refractivity contribution < 1.29 is 0 Å². The second-order valence-electron chi connectivity index (χ2n) is 7.81. The van der Waals surface area contributed by atoms with E-state index < -0.39 is 0 Å². The number of fused-ring (bicyclic) bond motifs is 1. The predicted molar refractivity (Wildman–Crippen MR) is 78.5 cm³/mol. The van der Waals surface area contributed by atoms with Gasteiger partial charge in [0, 0.05) is 0 Å². The van der Waals surface area contributed by atoms with Crippen molar-refractivity contribution in [1.29, 1.82) is 0 Å². The molecule has 0 heterocycles. The van der Waals surface area contributed by atoms with Crippen LogP contribution in [0.15, 0.2) is 0 Å². The summed E-state index contributed by atoms with van der Waals surface area (Å²) in [6.07, 6.45) is 15.5. The molecule has 18 heavy (non-hydrogen) atoms. The number of hydrogen-bond acceptors (Lipinski definition) is 0. The second kappa shape index (κ2) is 5.55. The van der Waals surface area contributed by atoms with Gasteiger partial charge < -0.3 is 0 Å². The Morgan fingerprint density at radius 2 is 1.28 bits per heavy atom. The third-order valence-electron chi connectivity index (χ3n) is 6.67. The van der Waals surface area contributed by atoms with Gasteiger partial charge in [-0.05, 0) is 67.6 Å². The van der Waals surface area contributed by atoms with E-state index in [0.29, 0.717) is 0 Å². The molecule has 0 aliphatic heterocycles. The van der Waals surface area contributed by atoms with Gasteiger partial charge >= 0.3 is 0 Å². The van der Waals surface area contributed by atoms with Gasteiger partial charge in [-0.2, -0.15) is 0 Å². The van der Waals surface area contributed by atoms with Gasteiger partial charge in [0.25, 0.3) is 0 Å². The van der Waals surface area contributed by atoms with Crippen molar-refractivity contribution in [2.75, 3.05) is 0 Å². The maximum absolute atomic E-state index is 2.48. The van der Waals surface area contributed by atoms with Gasteiger partial charge in [0.05, 0.1) is 0 Å². The van der Waals surface area contributed by atoms with Gasteiger partial charge in [-0.1, -0.05) is 46.0 Å². The summed E-state index contributed by atoms with van der Waals surface area (Å²) in [7, 11) is 0. The van der Waals surface area contributed by atoms with Crippen molar-refractivity contribution in [3.05, 3.63) is 0 Å². The van der Waals surface area contributed by atoms with Gasteiger partial charge in [-0.15, -0.1) is 0 Å². The largest absolute Gasteiger partial charge is 0.0625 e. The Morgan fingerprint density at radius 1 is 0.611 bits per heavy atom. The van der Waals surface area contributed by atoms with E-state index in [-0.39, 0.29) is 0 Å². The third kappa shape index (κ3) is 2.37. The first-order valence-corrected chi connectivity index (χ1v) is 8.77. The lowest BCUT2D eigenvalue weighted by Crippen LogP contribution is -2.33. The van der Waals surface area contributed by atoms with Gasteiger partial charge in [0.15, 0.2) is 0 Å². The maximum Gasteiger partial charge on any atom is -0.0352 e. The summed E-state index contributed by atoms with van der Waals surface area (Å²) in [5.41, 5.74) is 0. The molecule has 0 radical (unpaired) electrons. The molecule has 0 spiro atoms. The van der Waals surface area contributed by atoms with E-state index in [4.69, 9.17) is 0 Å². The third-order valence-corrected chi connectivity index (χ3v) is 6.67. The van der Waals surface area contributed by atoms with Crippen LogP contribution in [0.2, 0.25) is 0 Å². The van der Waals surface area contributed by atoms with E-state index in [1.54, 1.807) is 32.1 Å². The molecule has 0 saturated heterocycles. The van der Waals surface area contributed by atoms with Crippen molar-refractivity contribution in [1.82, 2.24) is 0 Å². The zero-order valence-electron chi connectivity index (χ0n) is 12.5. The quantitative estimate of drug-likeness (QED) is 0.591. The molecular formula is C18H32. The van der Waals surface area contributed by atoms with Crippen molar-refractivity contribution in [3.8, 4) is 0 Å². The molecule has 0 nitrogen and oxygen atoms in total. The van der Waals surface area contributed by atoms with Crippen LogP contribution >= 0.6 is 0 Å². The Morgan fingerprint density at radius 3 is 2.06 bits per heavy atom. The van der Waals surface area contributed by atoms with E-state index in [9.17, 15) is 0 Å².